The van der Waals surface area contributed by atoms with Gasteiger partial charge in [-0.3, -0.25) is 19.0 Å². The molecule has 142 valence electrons. The van der Waals surface area contributed by atoms with Gasteiger partial charge >= 0.3 is 5.97 Å². The number of aryl methyl sites for hydroxylation is 3. The van der Waals surface area contributed by atoms with E-state index in [4.69, 9.17) is 4.74 Å². The summed E-state index contributed by atoms with van der Waals surface area (Å²) < 4.78 is 8.20. The highest BCUT2D eigenvalue weighted by Gasteiger charge is 2.17. The molecule has 0 atom stereocenters. The van der Waals surface area contributed by atoms with Crippen LogP contribution < -0.4 is 5.56 Å². The Morgan fingerprint density at radius 1 is 1.22 bits per heavy atom. The van der Waals surface area contributed by atoms with Crippen LogP contribution >= 0.6 is 11.3 Å². The van der Waals surface area contributed by atoms with Crippen molar-refractivity contribution in [3.05, 3.63) is 50.1 Å². The molecule has 7 nitrogen and oxygen atoms in total. The van der Waals surface area contributed by atoms with Gasteiger partial charge in [-0.1, -0.05) is 0 Å². The number of fused-ring (bicyclic) bond motifs is 1. The summed E-state index contributed by atoms with van der Waals surface area (Å²) in [4.78, 5) is 42.9. The molecule has 0 spiro atoms. The van der Waals surface area contributed by atoms with Gasteiger partial charge in [0.2, 0.25) is 5.78 Å². The topological polar surface area (TPSA) is 83.2 Å². The molecule has 0 unspecified atom stereocenters. The number of ether oxygens (including phenoxy) is 1. The first kappa shape index (κ1) is 19.0. The molecular weight excluding hydrogens is 366 g/mol. The smallest absolute Gasteiger partial charge is 0.326 e. The highest BCUT2D eigenvalue weighted by Crippen LogP contribution is 2.25. The van der Waals surface area contributed by atoms with Crippen molar-refractivity contribution in [2.24, 2.45) is 7.05 Å². The zero-order valence-corrected chi connectivity index (χ0v) is 16.8. The van der Waals surface area contributed by atoms with E-state index < -0.39 is 5.97 Å². The summed E-state index contributed by atoms with van der Waals surface area (Å²) in [6.45, 7) is 6.90. The predicted octanol–water partition coefficient (Wildman–Crippen LogP) is 2.46. The first-order chi connectivity index (χ1) is 12.7. The maximum absolute atomic E-state index is 12.6. The molecule has 0 aliphatic carbocycles. The van der Waals surface area contributed by atoms with E-state index in [1.807, 2.05) is 39.3 Å². The van der Waals surface area contributed by atoms with Gasteiger partial charge in [0.1, 0.15) is 11.4 Å². The summed E-state index contributed by atoms with van der Waals surface area (Å²) in [5.74, 6) is -0.920. The lowest BCUT2D eigenvalue weighted by Gasteiger charge is -2.07. The molecule has 3 aromatic rings. The Kier molecular flexibility index (Phi) is 5.01. The minimum Gasteiger partial charge on any atom is -0.456 e. The largest absolute Gasteiger partial charge is 0.456 e. The highest BCUT2D eigenvalue weighted by atomic mass is 32.1. The van der Waals surface area contributed by atoms with Crippen molar-refractivity contribution in [2.75, 3.05) is 6.61 Å². The van der Waals surface area contributed by atoms with Crippen LogP contribution in [0.5, 0.6) is 0 Å². The second-order valence-electron chi connectivity index (χ2n) is 6.57. The van der Waals surface area contributed by atoms with Gasteiger partial charge < -0.3 is 9.30 Å². The number of ketones is 1. The van der Waals surface area contributed by atoms with Gasteiger partial charge in [-0.15, -0.1) is 11.3 Å². The fourth-order valence-corrected chi connectivity index (χ4v) is 3.92. The van der Waals surface area contributed by atoms with Crippen molar-refractivity contribution in [1.29, 1.82) is 0 Å². The number of nitrogens with zero attached hydrogens (tertiary/aromatic N) is 3. The van der Waals surface area contributed by atoms with E-state index >= 15 is 0 Å². The lowest BCUT2D eigenvalue weighted by atomic mass is 10.1. The molecule has 3 heterocycles. The lowest BCUT2D eigenvalue weighted by Crippen LogP contribution is -2.26. The molecule has 3 aromatic heterocycles. The Balaban J connectivity index is 1.71. The standard InChI is InChI=1S/C19H21N3O4S/c1-10-6-14(12(3)21(10)5)15(23)8-26-16(24)7-22-9-20-18-17(19(22)25)11(2)13(4)27-18/h6,9H,7-8H2,1-5H3. The van der Waals surface area contributed by atoms with Gasteiger partial charge in [0.05, 0.1) is 11.7 Å². The van der Waals surface area contributed by atoms with Crippen LogP contribution in [0.1, 0.15) is 32.2 Å². The minimum absolute atomic E-state index is 0.269. The fourth-order valence-electron chi connectivity index (χ4n) is 2.93. The van der Waals surface area contributed by atoms with Crippen molar-refractivity contribution >= 4 is 33.3 Å². The van der Waals surface area contributed by atoms with Crippen LogP contribution in [0.4, 0.5) is 0 Å². The third-order valence-corrected chi connectivity index (χ3v) is 6.01. The number of carbonyl (C=O) groups excluding carboxylic acids is 2. The summed E-state index contributed by atoms with van der Waals surface area (Å²) in [6, 6.07) is 1.77. The van der Waals surface area contributed by atoms with Crippen molar-refractivity contribution in [3.63, 3.8) is 0 Å². The van der Waals surface area contributed by atoms with E-state index in [-0.39, 0.29) is 24.5 Å². The monoisotopic (exact) mass is 387 g/mol. The third kappa shape index (κ3) is 3.44. The molecule has 8 heteroatoms. The first-order valence-electron chi connectivity index (χ1n) is 8.47. The summed E-state index contributed by atoms with van der Waals surface area (Å²) >= 11 is 1.45. The normalized spacial score (nSPS) is 11.1. The van der Waals surface area contributed by atoms with Gasteiger partial charge in [-0.05, 0) is 39.3 Å². The van der Waals surface area contributed by atoms with Crippen molar-refractivity contribution < 1.29 is 14.3 Å². The maximum atomic E-state index is 12.6. The Morgan fingerprint density at radius 2 is 1.93 bits per heavy atom. The number of rotatable bonds is 5. The van der Waals surface area contributed by atoms with E-state index in [9.17, 15) is 14.4 Å². The number of carbonyl (C=O) groups is 2. The third-order valence-electron chi connectivity index (χ3n) is 4.90. The van der Waals surface area contributed by atoms with E-state index in [2.05, 4.69) is 4.98 Å². The zero-order valence-electron chi connectivity index (χ0n) is 16.0. The van der Waals surface area contributed by atoms with Crippen molar-refractivity contribution in [3.8, 4) is 0 Å². The average molecular weight is 387 g/mol. The molecule has 0 saturated heterocycles. The van der Waals surface area contributed by atoms with Crippen LogP contribution in [0.3, 0.4) is 0 Å². The van der Waals surface area contributed by atoms with Crippen LogP contribution in [0, 0.1) is 27.7 Å². The quantitative estimate of drug-likeness (QED) is 0.496. The van der Waals surface area contributed by atoms with E-state index in [0.717, 1.165) is 21.8 Å². The molecule has 0 radical (unpaired) electrons. The SMILES string of the molecule is Cc1sc2ncn(CC(=O)OCC(=O)c3cc(C)n(C)c3C)c(=O)c2c1C. The van der Waals surface area contributed by atoms with Crippen molar-refractivity contribution in [2.45, 2.75) is 34.2 Å². The second-order valence-corrected chi connectivity index (χ2v) is 7.77. The van der Waals surface area contributed by atoms with Crippen molar-refractivity contribution in [1.82, 2.24) is 14.1 Å². The average Bonchev–Trinajstić information content (AvgIpc) is 3.06. The highest BCUT2D eigenvalue weighted by molar-refractivity contribution is 7.18. The predicted molar refractivity (Wildman–Crippen MR) is 104 cm³/mol. The number of hydrogen-bond donors (Lipinski definition) is 0. The molecule has 0 N–H and O–H groups in total. The molecule has 0 bridgehead atoms. The van der Waals surface area contributed by atoms with E-state index in [1.54, 1.807) is 6.07 Å². The van der Waals surface area contributed by atoms with Gasteiger partial charge in [-0.25, -0.2) is 4.98 Å². The second kappa shape index (κ2) is 7.11. The zero-order chi connectivity index (χ0) is 19.9. The number of thiophene rings is 1. The minimum atomic E-state index is -0.651. The summed E-state index contributed by atoms with van der Waals surface area (Å²) in [5.41, 5.74) is 2.91. The van der Waals surface area contributed by atoms with Crippen LogP contribution in [0.15, 0.2) is 17.2 Å². The van der Waals surface area contributed by atoms with Gasteiger partial charge in [0.15, 0.2) is 6.61 Å². The van der Waals surface area contributed by atoms with Gasteiger partial charge in [0, 0.05) is 28.9 Å². The summed E-state index contributed by atoms with van der Waals surface area (Å²) in [5, 5.41) is 0.527. The molecule has 0 aliphatic heterocycles. The van der Waals surface area contributed by atoms with Gasteiger partial charge in [-0.2, -0.15) is 0 Å². The Labute approximate surface area is 160 Å². The molecule has 0 aliphatic rings. The molecule has 0 aromatic carbocycles. The Hall–Kier alpha value is -2.74. The van der Waals surface area contributed by atoms with Crippen LogP contribution in [-0.2, 0) is 23.1 Å². The summed E-state index contributed by atoms with van der Waals surface area (Å²) in [7, 11) is 1.87. The molecule has 3 rings (SSSR count). The van der Waals surface area contributed by atoms with E-state index in [0.29, 0.717) is 15.8 Å². The number of esters is 1. The number of aromatic nitrogens is 3. The molecule has 0 fully saturated rings. The lowest BCUT2D eigenvalue weighted by molar-refractivity contribution is -0.143. The Bertz CT molecular complexity index is 1120. The number of Topliss-reactive ketones (excluding diaryl/α,β-unsaturated/α-hetero) is 1. The van der Waals surface area contributed by atoms with Crippen LogP contribution in [0.2, 0.25) is 0 Å². The van der Waals surface area contributed by atoms with Crippen LogP contribution in [0.25, 0.3) is 10.2 Å². The molecule has 0 amide bonds. The van der Waals surface area contributed by atoms with Gasteiger partial charge in [0.25, 0.3) is 5.56 Å². The first-order valence-corrected chi connectivity index (χ1v) is 9.29. The molecular formula is C19H21N3O4S. The van der Waals surface area contributed by atoms with E-state index in [1.165, 1.54) is 22.2 Å². The summed E-state index contributed by atoms with van der Waals surface area (Å²) in [6.07, 6.45) is 1.34. The maximum Gasteiger partial charge on any atom is 0.326 e. The molecule has 27 heavy (non-hydrogen) atoms. The Morgan fingerprint density at radius 3 is 2.56 bits per heavy atom. The molecule has 0 saturated carbocycles. The fraction of sp³-hybridized carbons (Fsp3) is 0.368. The van der Waals surface area contributed by atoms with Crippen LogP contribution in [-0.4, -0.2) is 32.5 Å². The number of hydrogen-bond acceptors (Lipinski definition) is 6.